The number of carbonyl (C=O) groups excluding carboxylic acids is 1. The minimum Gasteiger partial charge on any atom is -0.480 e. The summed E-state index contributed by atoms with van der Waals surface area (Å²) in [5.41, 5.74) is 5.43. The molecule has 1 amide bonds. The normalized spacial score (nSPS) is 12.9. The summed E-state index contributed by atoms with van der Waals surface area (Å²) in [7, 11) is -3.30. The van der Waals surface area contributed by atoms with E-state index in [0.29, 0.717) is 5.01 Å². The first kappa shape index (κ1) is 16.5. The number of carboxylic acid groups (broad SMARTS) is 1. The van der Waals surface area contributed by atoms with Gasteiger partial charge in [-0.2, -0.15) is 0 Å². The number of nitrogens with zero attached hydrogens (tertiary/aromatic N) is 1. The lowest BCUT2D eigenvalue weighted by molar-refractivity contribution is -0.139. The van der Waals surface area contributed by atoms with Gasteiger partial charge >= 0.3 is 5.97 Å². The van der Waals surface area contributed by atoms with E-state index in [9.17, 15) is 18.0 Å². The number of carboxylic acids is 1. The summed E-state index contributed by atoms with van der Waals surface area (Å²) in [6.45, 7) is 0.189. The third-order valence-electron chi connectivity index (χ3n) is 2.34. The van der Waals surface area contributed by atoms with Gasteiger partial charge in [-0.1, -0.05) is 0 Å². The summed E-state index contributed by atoms with van der Waals surface area (Å²) in [6, 6.07) is -1.28. The largest absolute Gasteiger partial charge is 0.480 e. The Morgan fingerprint density at radius 2 is 2.20 bits per heavy atom. The van der Waals surface area contributed by atoms with Crippen molar-refractivity contribution in [2.75, 3.05) is 12.0 Å². The van der Waals surface area contributed by atoms with Crippen molar-refractivity contribution in [2.24, 2.45) is 5.73 Å². The molecule has 0 fully saturated rings. The van der Waals surface area contributed by atoms with Crippen LogP contribution in [-0.4, -0.2) is 48.4 Å². The van der Waals surface area contributed by atoms with E-state index in [1.807, 2.05) is 0 Å². The van der Waals surface area contributed by atoms with Crippen LogP contribution in [0.2, 0.25) is 0 Å². The Bertz CT molecular complexity index is 596. The second-order valence-electron chi connectivity index (χ2n) is 4.11. The average molecular weight is 321 g/mol. The van der Waals surface area contributed by atoms with Crippen molar-refractivity contribution in [3.8, 4) is 0 Å². The second-order valence-corrected chi connectivity index (χ2v) is 7.32. The predicted octanol–water partition coefficient (Wildman–Crippen LogP) is -0.780. The van der Waals surface area contributed by atoms with Gasteiger partial charge in [-0.15, -0.1) is 11.3 Å². The van der Waals surface area contributed by atoms with Gasteiger partial charge in [0, 0.05) is 18.2 Å². The van der Waals surface area contributed by atoms with Gasteiger partial charge in [-0.25, -0.2) is 18.2 Å². The van der Waals surface area contributed by atoms with Gasteiger partial charge in [-0.05, 0) is 6.42 Å². The summed E-state index contributed by atoms with van der Waals surface area (Å²) in [4.78, 5) is 26.7. The molecule has 0 spiro atoms. The maximum absolute atomic E-state index is 11.8. The third kappa shape index (κ3) is 5.23. The van der Waals surface area contributed by atoms with Crippen LogP contribution < -0.4 is 11.1 Å². The lowest BCUT2D eigenvalue weighted by atomic mass is 10.2. The number of rotatable bonds is 7. The Labute approximate surface area is 119 Å². The van der Waals surface area contributed by atoms with Crippen LogP contribution in [0.25, 0.3) is 0 Å². The van der Waals surface area contributed by atoms with Gasteiger partial charge in [0.15, 0.2) is 0 Å². The number of aliphatic carboxylic acids is 1. The highest BCUT2D eigenvalue weighted by Gasteiger charge is 2.23. The Morgan fingerprint density at radius 1 is 1.55 bits per heavy atom. The molecule has 1 aromatic heterocycles. The van der Waals surface area contributed by atoms with Crippen molar-refractivity contribution in [1.82, 2.24) is 10.3 Å². The lowest BCUT2D eigenvalue weighted by Crippen LogP contribution is -2.42. The van der Waals surface area contributed by atoms with E-state index in [1.54, 1.807) is 0 Å². The molecule has 20 heavy (non-hydrogen) atoms. The first-order valence-electron chi connectivity index (χ1n) is 5.59. The molecule has 0 radical (unpaired) electrons. The molecule has 8 nitrogen and oxygen atoms in total. The molecule has 4 N–H and O–H groups in total. The fourth-order valence-electron chi connectivity index (χ4n) is 1.33. The van der Waals surface area contributed by atoms with Gasteiger partial charge in [-0.3, -0.25) is 4.79 Å². The molecule has 0 saturated carbocycles. The number of thiazole rings is 1. The molecular weight excluding hydrogens is 306 g/mol. The van der Waals surface area contributed by atoms with E-state index in [0.717, 1.165) is 6.26 Å². The zero-order valence-electron chi connectivity index (χ0n) is 10.7. The number of hydrogen-bond acceptors (Lipinski definition) is 7. The van der Waals surface area contributed by atoms with Crippen LogP contribution in [0.1, 0.15) is 21.9 Å². The summed E-state index contributed by atoms with van der Waals surface area (Å²) in [6.07, 6.45) is 0.801. The topological polar surface area (TPSA) is 139 Å². The molecule has 10 heteroatoms. The predicted molar refractivity (Wildman–Crippen MR) is 73.2 cm³/mol. The summed E-state index contributed by atoms with van der Waals surface area (Å²) >= 11 is 1.19. The first-order chi connectivity index (χ1) is 9.23. The summed E-state index contributed by atoms with van der Waals surface area (Å²) < 4.78 is 22.1. The Balaban J connectivity index is 2.70. The highest BCUT2D eigenvalue weighted by Crippen LogP contribution is 2.09. The highest BCUT2D eigenvalue weighted by atomic mass is 32.2. The Kier molecular flexibility index (Phi) is 5.60. The number of sulfone groups is 1. The highest BCUT2D eigenvalue weighted by molar-refractivity contribution is 7.90. The van der Waals surface area contributed by atoms with Gasteiger partial charge in [0.25, 0.3) is 5.91 Å². The Hall–Kier alpha value is -1.52. The molecule has 0 bridgehead atoms. The molecule has 1 atom stereocenters. The van der Waals surface area contributed by atoms with Crippen molar-refractivity contribution in [3.63, 3.8) is 0 Å². The standard InChI is InChI=1S/C10H15N3O5S2/c1-20(17,18)3-2-6(10(15)16)13-9(14)7-5-19-8(4-11)12-7/h5-6H,2-4,11H2,1H3,(H,13,14)(H,15,16). The smallest absolute Gasteiger partial charge is 0.326 e. The van der Waals surface area contributed by atoms with Crippen LogP contribution in [0.4, 0.5) is 0 Å². The van der Waals surface area contributed by atoms with Gasteiger partial charge in [0.1, 0.15) is 26.6 Å². The molecular formula is C10H15N3O5S2. The molecule has 0 aliphatic carbocycles. The Morgan fingerprint density at radius 3 is 2.65 bits per heavy atom. The molecule has 0 aliphatic rings. The van der Waals surface area contributed by atoms with Gasteiger partial charge in [0.2, 0.25) is 0 Å². The summed E-state index contributed by atoms with van der Waals surface area (Å²) in [5, 5.41) is 13.2. The van der Waals surface area contributed by atoms with Crippen LogP contribution in [-0.2, 0) is 21.2 Å². The lowest BCUT2D eigenvalue weighted by Gasteiger charge is -2.12. The molecule has 1 rings (SSSR count). The van der Waals surface area contributed by atoms with E-state index in [-0.39, 0.29) is 24.4 Å². The van der Waals surface area contributed by atoms with Gasteiger partial charge in [0.05, 0.1) is 5.75 Å². The number of nitrogens with two attached hydrogens (primary N) is 1. The monoisotopic (exact) mass is 321 g/mol. The molecule has 0 saturated heterocycles. The van der Waals surface area contributed by atoms with Crippen LogP contribution in [0.5, 0.6) is 0 Å². The third-order valence-corrected chi connectivity index (χ3v) is 4.19. The van der Waals surface area contributed by atoms with E-state index < -0.39 is 27.8 Å². The molecule has 1 unspecified atom stereocenters. The second kappa shape index (κ2) is 6.77. The van der Waals surface area contributed by atoms with Crippen molar-refractivity contribution in [1.29, 1.82) is 0 Å². The van der Waals surface area contributed by atoms with Crippen LogP contribution in [0.3, 0.4) is 0 Å². The minimum atomic E-state index is -3.30. The van der Waals surface area contributed by atoms with E-state index in [1.165, 1.54) is 16.7 Å². The van der Waals surface area contributed by atoms with Crippen LogP contribution in [0, 0.1) is 0 Å². The number of nitrogens with one attached hydrogen (secondary N) is 1. The quantitative estimate of drug-likeness (QED) is 0.598. The van der Waals surface area contributed by atoms with E-state index in [4.69, 9.17) is 10.8 Å². The zero-order chi connectivity index (χ0) is 15.3. The van der Waals surface area contributed by atoms with Gasteiger partial charge < -0.3 is 16.2 Å². The number of carbonyl (C=O) groups is 2. The molecule has 1 heterocycles. The summed E-state index contributed by atoms with van der Waals surface area (Å²) in [5.74, 6) is -2.28. The molecule has 112 valence electrons. The maximum Gasteiger partial charge on any atom is 0.326 e. The molecule has 1 aromatic rings. The zero-order valence-corrected chi connectivity index (χ0v) is 12.3. The van der Waals surface area contributed by atoms with Crippen molar-refractivity contribution in [3.05, 3.63) is 16.1 Å². The van der Waals surface area contributed by atoms with Crippen LogP contribution >= 0.6 is 11.3 Å². The maximum atomic E-state index is 11.8. The van der Waals surface area contributed by atoms with Crippen LogP contribution in [0.15, 0.2) is 5.38 Å². The number of aromatic nitrogens is 1. The van der Waals surface area contributed by atoms with E-state index >= 15 is 0 Å². The van der Waals surface area contributed by atoms with E-state index in [2.05, 4.69) is 10.3 Å². The van der Waals surface area contributed by atoms with Crippen molar-refractivity contribution in [2.45, 2.75) is 19.0 Å². The number of amides is 1. The fourth-order valence-corrected chi connectivity index (χ4v) is 2.65. The first-order valence-corrected chi connectivity index (χ1v) is 8.53. The fraction of sp³-hybridized carbons (Fsp3) is 0.500. The molecule has 0 aliphatic heterocycles. The number of hydrogen-bond donors (Lipinski definition) is 3. The van der Waals surface area contributed by atoms with Crippen molar-refractivity contribution < 1.29 is 23.1 Å². The molecule has 0 aromatic carbocycles. The van der Waals surface area contributed by atoms with Crippen molar-refractivity contribution >= 4 is 33.1 Å². The minimum absolute atomic E-state index is 0.0704. The SMILES string of the molecule is CS(=O)(=O)CCC(NC(=O)c1csc(CN)n1)C(=O)O. The average Bonchev–Trinajstić information content (AvgIpc) is 2.81.